The summed E-state index contributed by atoms with van der Waals surface area (Å²) in [5, 5.41) is 13.4. The number of nitrogens with zero attached hydrogens (tertiary/aromatic N) is 1. The van der Waals surface area contributed by atoms with E-state index in [4.69, 9.17) is 0 Å². The Morgan fingerprint density at radius 1 is 1.29 bits per heavy atom. The molecule has 0 aromatic heterocycles. The number of amides is 1. The molecule has 0 bridgehead atoms. The van der Waals surface area contributed by atoms with Gasteiger partial charge in [0, 0.05) is 31.9 Å². The van der Waals surface area contributed by atoms with Gasteiger partial charge < -0.3 is 15.3 Å². The predicted octanol–water partition coefficient (Wildman–Crippen LogP) is 2.42. The Morgan fingerprint density at radius 3 is 2.38 bits per heavy atom. The van der Waals surface area contributed by atoms with Gasteiger partial charge in [-0.15, -0.1) is 0 Å². The smallest absolute Gasteiger partial charge is 0.251 e. The van der Waals surface area contributed by atoms with Crippen LogP contribution in [-0.2, 0) is 0 Å². The van der Waals surface area contributed by atoms with Crippen LogP contribution in [-0.4, -0.2) is 37.3 Å². The molecule has 0 aliphatic heterocycles. The average Bonchev–Trinajstić information content (AvgIpc) is 3.00. The number of carbonyl (C=O) groups is 1. The summed E-state index contributed by atoms with van der Waals surface area (Å²) in [6.45, 7) is 2.14. The van der Waals surface area contributed by atoms with Gasteiger partial charge in [-0.05, 0) is 49.9 Å². The number of nitrogens with one attached hydrogen (secondary N) is 1. The maximum Gasteiger partial charge on any atom is 0.251 e. The quantitative estimate of drug-likeness (QED) is 0.875. The van der Waals surface area contributed by atoms with E-state index < -0.39 is 5.60 Å². The number of anilines is 1. The summed E-state index contributed by atoms with van der Waals surface area (Å²) in [7, 11) is 3.93. The first-order valence-electron chi connectivity index (χ1n) is 7.68. The average molecular weight is 290 g/mol. The van der Waals surface area contributed by atoms with Gasteiger partial charge in [0.15, 0.2) is 0 Å². The molecule has 1 unspecified atom stereocenters. The van der Waals surface area contributed by atoms with Gasteiger partial charge in [0.2, 0.25) is 0 Å². The van der Waals surface area contributed by atoms with Crippen molar-refractivity contribution in [1.82, 2.24) is 5.32 Å². The molecule has 4 heteroatoms. The zero-order valence-electron chi connectivity index (χ0n) is 13.2. The molecule has 0 heterocycles. The van der Waals surface area contributed by atoms with Crippen LogP contribution in [0, 0.1) is 5.92 Å². The molecule has 1 aromatic carbocycles. The van der Waals surface area contributed by atoms with Crippen molar-refractivity contribution in [1.29, 1.82) is 0 Å². The molecule has 2 N–H and O–H groups in total. The van der Waals surface area contributed by atoms with Crippen LogP contribution in [0.15, 0.2) is 24.3 Å². The first kappa shape index (κ1) is 15.8. The van der Waals surface area contributed by atoms with Crippen molar-refractivity contribution in [2.24, 2.45) is 5.92 Å². The van der Waals surface area contributed by atoms with Crippen molar-refractivity contribution in [3.8, 4) is 0 Å². The van der Waals surface area contributed by atoms with Crippen LogP contribution in [0.2, 0.25) is 0 Å². The minimum Gasteiger partial charge on any atom is -0.388 e. The lowest BCUT2D eigenvalue weighted by molar-refractivity contribution is 0.00285. The number of hydrogen-bond acceptors (Lipinski definition) is 3. The third kappa shape index (κ3) is 3.97. The molecule has 21 heavy (non-hydrogen) atoms. The van der Waals surface area contributed by atoms with E-state index >= 15 is 0 Å². The lowest BCUT2D eigenvalue weighted by Gasteiger charge is -2.30. The van der Waals surface area contributed by atoms with Gasteiger partial charge in [-0.1, -0.05) is 12.8 Å². The summed E-state index contributed by atoms with van der Waals surface area (Å²) in [6, 6.07) is 7.47. The fourth-order valence-corrected chi connectivity index (χ4v) is 2.96. The summed E-state index contributed by atoms with van der Waals surface area (Å²) >= 11 is 0. The Hall–Kier alpha value is -1.55. The Morgan fingerprint density at radius 2 is 1.86 bits per heavy atom. The lowest BCUT2D eigenvalue weighted by Crippen LogP contribution is -2.45. The monoisotopic (exact) mass is 290 g/mol. The highest BCUT2D eigenvalue weighted by Crippen LogP contribution is 2.33. The fraction of sp³-hybridized carbons (Fsp3) is 0.588. The first-order valence-corrected chi connectivity index (χ1v) is 7.68. The maximum absolute atomic E-state index is 12.2. The molecule has 116 valence electrons. The molecule has 0 spiro atoms. The second kappa shape index (κ2) is 6.48. The Balaban J connectivity index is 1.91. The minimum atomic E-state index is -0.810. The summed E-state index contributed by atoms with van der Waals surface area (Å²) < 4.78 is 0. The number of aliphatic hydroxyl groups is 1. The van der Waals surface area contributed by atoms with Crippen LogP contribution in [0.4, 0.5) is 5.69 Å². The van der Waals surface area contributed by atoms with E-state index in [0.717, 1.165) is 18.5 Å². The topological polar surface area (TPSA) is 52.6 Å². The molecule has 1 aromatic rings. The van der Waals surface area contributed by atoms with Crippen molar-refractivity contribution in [3.05, 3.63) is 29.8 Å². The predicted molar refractivity (Wildman–Crippen MR) is 85.7 cm³/mol. The molecule has 1 atom stereocenters. The van der Waals surface area contributed by atoms with Crippen LogP contribution in [0.3, 0.4) is 0 Å². The maximum atomic E-state index is 12.2. The van der Waals surface area contributed by atoms with Crippen molar-refractivity contribution < 1.29 is 9.90 Å². The van der Waals surface area contributed by atoms with Gasteiger partial charge in [-0.2, -0.15) is 0 Å². The Labute approximate surface area is 127 Å². The van der Waals surface area contributed by atoms with Crippen molar-refractivity contribution in [2.45, 2.75) is 38.2 Å². The SMILES string of the molecule is CN(C)c1ccc(C(=O)NCC(C)(O)C2CCCC2)cc1. The molecule has 1 fully saturated rings. The van der Waals surface area contributed by atoms with Crippen LogP contribution in [0.25, 0.3) is 0 Å². The molecular formula is C17H26N2O2. The normalized spacial score (nSPS) is 18.3. The van der Waals surface area contributed by atoms with Gasteiger partial charge in [-0.3, -0.25) is 4.79 Å². The van der Waals surface area contributed by atoms with Gasteiger partial charge >= 0.3 is 0 Å². The molecule has 1 saturated carbocycles. The zero-order chi connectivity index (χ0) is 15.5. The molecular weight excluding hydrogens is 264 g/mol. The van der Waals surface area contributed by atoms with Gasteiger partial charge in [-0.25, -0.2) is 0 Å². The van der Waals surface area contributed by atoms with E-state index in [1.807, 2.05) is 50.2 Å². The van der Waals surface area contributed by atoms with E-state index in [-0.39, 0.29) is 5.91 Å². The van der Waals surface area contributed by atoms with E-state index in [2.05, 4.69) is 5.32 Å². The van der Waals surface area contributed by atoms with Gasteiger partial charge in [0.1, 0.15) is 0 Å². The number of rotatable bonds is 5. The molecule has 1 aliphatic rings. The highest BCUT2D eigenvalue weighted by atomic mass is 16.3. The fourth-order valence-electron chi connectivity index (χ4n) is 2.96. The van der Waals surface area contributed by atoms with E-state index in [1.54, 1.807) is 0 Å². The Bertz CT molecular complexity index is 474. The minimum absolute atomic E-state index is 0.126. The highest BCUT2D eigenvalue weighted by Gasteiger charge is 2.34. The lowest BCUT2D eigenvalue weighted by atomic mass is 9.87. The third-order valence-electron chi connectivity index (χ3n) is 4.49. The van der Waals surface area contributed by atoms with Gasteiger partial charge in [0.25, 0.3) is 5.91 Å². The third-order valence-corrected chi connectivity index (χ3v) is 4.49. The molecule has 0 radical (unpaired) electrons. The molecule has 1 aliphatic carbocycles. The summed E-state index contributed by atoms with van der Waals surface area (Å²) in [5.74, 6) is 0.174. The molecule has 1 amide bonds. The second-order valence-corrected chi connectivity index (χ2v) is 6.46. The highest BCUT2D eigenvalue weighted by molar-refractivity contribution is 5.94. The second-order valence-electron chi connectivity index (χ2n) is 6.46. The summed E-state index contributed by atoms with van der Waals surface area (Å²) in [4.78, 5) is 14.1. The number of benzene rings is 1. The standard InChI is InChI=1S/C17H26N2O2/c1-17(21,14-6-4-5-7-14)12-18-16(20)13-8-10-15(11-9-13)19(2)3/h8-11,14,21H,4-7,12H2,1-3H3,(H,18,20). The summed E-state index contributed by atoms with van der Waals surface area (Å²) in [6.07, 6.45) is 4.47. The van der Waals surface area contributed by atoms with Crippen molar-refractivity contribution >= 4 is 11.6 Å². The van der Waals surface area contributed by atoms with Crippen molar-refractivity contribution in [3.63, 3.8) is 0 Å². The zero-order valence-corrected chi connectivity index (χ0v) is 13.2. The first-order chi connectivity index (χ1) is 9.90. The molecule has 4 nitrogen and oxygen atoms in total. The molecule has 2 rings (SSSR count). The van der Waals surface area contributed by atoms with Gasteiger partial charge in [0.05, 0.1) is 5.60 Å². The van der Waals surface area contributed by atoms with Crippen LogP contribution >= 0.6 is 0 Å². The van der Waals surface area contributed by atoms with E-state index in [0.29, 0.717) is 18.0 Å². The van der Waals surface area contributed by atoms with E-state index in [1.165, 1.54) is 12.8 Å². The largest absolute Gasteiger partial charge is 0.388 e. The number of hydrogen-bond donors (Lipinski definition) is 2. The van der Waals surface area contributed by atoms with Crippen LogP contribution in [0.1, 0.15) is 43.0 Å². The van der Waals surface area contributed by atoms with Crippen LogP contribution in [0.5, 0.6) is 0 Å². The Kier molecular flexibility index (Phi) is 4.88. The summed E-state index contributed by atoms with van der Waals surface area (Å²) in [5.41, 5.74) is 0.878. The van der Waals surface area contributed by atoms with Crippen molar-refractivity contribution in [2.75, 3.05) is 25.5 Å². The number of carbonyl (C=O) groups excluding carboxylic acids is 1. The van der Waals surface area contributed by atoms with E-state index in [9.17, 15) is 9.90 Å². The van der Waals surface area contributed by atoms with Crippen LogP contribution < -0.4 is 10.2 Å². The molecule has 0 saturated heterocycles.